The third kappa shape index (κ3) is 3.33. The lowest BCUT2D eigenvalue weighted by Crippen LogP contribution is -2.10. The van der Waals surface area contributed by atoms with E-state index in [9.17, 15) is 9.59 Å². The van der Waals surface area contributed by atoms with Crippen LogP contribution < -0.4 is 4.74 Å². The van der Waals surface area contributed by atoms with E-state index >= 15 is 0 Å². The SMILES string of the molecule is CCOC(=O)c1nn(-c2ccc(OCC)cc2)cc1C(C)=O. The fourth-order valence-corrected chi connectivity index (χ4v) is 1.98. The molecule has 116 valence electrons. The van der Waals surface area contributed by atoms with Gasteiger partial charge in [-0.15, -0.1) is 0 Å². The maximum absolute atomic E-state index is 11.9. The van der Waals surface area contributed by atoms with Crippen molar-refractivity contribution in [3.63, 3.8) is 0 Å². The number of hydrogen-bond donors (Lipinski definition) is 0. The predicted molar refractivity (Wildman–Crippen MR) is 80.7 cm³/mol. The Balaban J connectivity index is 2.37. The molecule has 0 aliphatic carbocycles. The van der Waals surface area contributed by atoms with E-state index in [-0.39, 0.29) is 23.6 Å². The number of aromatic nitrogens is 2. The molecule has 1 aromatic carbocycles. The van der Waals surface area contributed by atoms with E-state index in [1.54, 1.807) is 31.2 Å². The molecule has 0 aliphatic heterocycles. The molecule has 0 fully saturated rings. The summed E-state index contributed by atoms with van der Waals surface area (Å²) in [6, 6.07) is 7.21. The average Bonchev–Trinajstić information content (AvgIpc) is 2.94. The van der Waals surface area contributed by atoms with Gasteiger partial charge in [-0.1, -0.05) is 0 Å². The molecule has 6 nitrogen and oxygen atoms in total. The summed E-state index contributed by atoms with van der Waals surface area (Å²) < 4.78 is 11.8. The molecule has 0 unspecified atom stereocenters. The summed E-state index contributed by atoms with van der Waals surface area (Å²) in [6.45, 7) is 5.82. The Hall–Kier alpha value is -2.63. The summed E-state index contributed by atoms with van der Waals surface area (Å²) in [6.07, 6.45) is 1.53. The molecular formula is C16H18N2O4. The number of ketones is 1. The topological polar surface area (TPSA) is 70.4 Å². The zero-order valence-corrected chi connectivity index (χ0v) is 12.8. The number of ether oxygens (including phenoxy) is 2. The molecule has 0 spiro atoms. The van der Waals surface area contributed by atoms with E-state index in [0.29, 0.717) is 6.61 Å². The third-order valence-corrected chi connectivity index (χ3v) is 2.97. The van der Waals surface area contributed by atoms with Crippen LogP contribution in [0, 0.1) is 0 Å². The van der Waals surface area contributed by atoms with Crippen molar-refractivity contribution < 1.29 is 19.1 Å². The van der Waals surface area contributed by atoms with Crippen molar-refractivity contribution >= 4 is 11.8 Å². The van der Waals surface area contributed by atoms with Gasteiger partial charge in [0, 0.05) is 6.20 Å². The van der Waals surface area contributed by atoms with Crippen LogP contribution in [0.3, 0.4) is 0 Å². The molecule has 0 aliphatic rings. The highest BCUT2D eigenvalue weighted by molar-refractivity contribution is 6.04. The maximum atomic E-state index is 11.9. The van der Waals surface area contributed by atoms with Gasteiger partial charge < -0.3 is 9.47 Å². The molecule has 2 rings (SSSR count). The van der Waals surface area contributed by atoms with Crippen LogP contribution in [-0.4, -0.2) is 34.7 Å². The van der Waals surface area contributed by atoms with Crippen LogP contribution in [0.25, 0.3) is 5.69 Å². The molecule has 0 atom stereocenters. The van der Waals surface area contributed by atoms with Crippen LogP contribution in [0.2, 0.25) is 0 Å². The van der Waals surface area contributed by atoms with Crippen molar-refractivity contribution in [2.75, 3.05) is 13.2 Å². The number of carbonyl (C=O) groups is 2. The lowest BCUT2D eigenvalue weighted by Gasteiger charge is -2.04. The molecule has 0 N–H and O–H groups in total. The smallest absolute Gasteiger partial charge is 0.359 e. The Kier molecular flexibility index (Phi) is 4.93. The van der Waals surface area contributed by atoms with E-state index in [0.717, 1.165) is 11.4 Å². The third-order valence-electron chi connectivity index (χ3n) is 2.97. The quantitative estimate of drug-likeness (QED) is 0.606. The largest absolute Gasteiger partial charge is 0.494 e. The number of benzene rings is 1. The number of hydrogen-bond acceptors (Lipinski definition) is 5. The van der Waals surface area contributed by atoms with Gasteiger partial charge in [0.2, 0.25) is 0 Å². The van der Waals surface area contributed by atoms with E-state index in [4.69, 9.17) is 9.47 Å². The van der Waals surface area contributed by atoms with Crippen LogP contribution in [0.1, 0.15) is 41.6 Å². The van der Waals surface area contributed by atoms with E-state index in [1.165, 1.54) is 17.8 Å². The first-order valence-electron chi connectivity index (χ1n) is 7.07. The molecular weight excluding hydrogens is 284 g/mol. The Morgan fingerprint density at radius 2 is 1.82 bits per heavy atom. The van der Waals surface area contributed by atoms with Gasteiger partial charge in [0.1, 0.15) is 5.75 Å². The fourth-order valence-electron chi connectivity index (χ4n) is 1.98. The first-order chi connectivity index (χ1) is 10.6. The maximum Gasteiger partial charge on any atom is 0.359 e. The highest BCUT2D eigenvalue weighted by Crippen LogP contribution is 2.18. The second-order valence-electron chi connectivity index (χ2n) is 4.54. The van der Waals surface area contributed by atoms with E-state index in [2.05, 4.69) is 5.10 Å². The zero-order chi connectivity index (χ0) is 16.1. The van der Waals surface area contributed by atoms with Crippen molar-refractivity contribution in [3.8, 4) is 11.4 Å². The average molecular weight is 302 g/mol. The van der Waals surface area contributed by atoms with Crippen molar-refractivity contribution in [1.82, 2.24) is 9.78 Å². The van der Waals surface area contributed by atoms with Crippen molar-refractivity contribution in [2.45, 2.75) is 20.8 Å². The summed E-state index contributed by atoms with van der Waals surface area (Å²) >= 11 is 0. The Bertz CT molecular complexity index is 674. The van der Waals surface area contributed by atoms with Crippen molar-refractivity contribution in [1.29, 1.82) is 0 Å². The van der Waals surface area contributed by atoms with Gasteiger partial charge >= 0.3 is 5.97 Å². The molecule has 2 aromatic rings. The number of carbonyl (C=O) groups excluding carboxylic acids is 2. The minimum Gasteiger partial charge on any atom is -0.494 e. The molecule has 6 heteroatoms. The standard InChI is InChI=1S/C16H18N2O4/c1-4-21-13-8-6-12(7-9-13)18-10-14(11(3)19)15(17-18)16(20)22-5-2/h6-10H,4-5H2,1-3H3. The molecule has 0 bridgehead atoms. The molecule has 1 heterocycles. The summed E-state index contributed by atoms with van der Waals surface area (Å²) in [4.78, 5) is 23.6. The number of rotatable bonds is 6. The highest BCUT2D eigenvalue weighted by Gasteiger charge is 2.21. The van der Waals surface area contributed by atoms with E-state index in [1.807, 2.05) is 6.92 Å². The molecule has 0 saturated heterocycles. The second kappa shape index (κ2) is 6.89. The first-order valence-corrected chi connectivity index (χ1v) is 7.07. The second-order valence-corrected chi connectivity index (χ2v) is 4.54. The fraction of sp³-hybridized carbons (Fsp3) is 0.312. The van der Waals surface area contributed by atoms with Gasteiger partial charge in [0.15, 0.2) is 11.5 Å². The Morgan fingerprint density at radius 1 is 1.14 bits per heavy atom. The summed E-state index contributed by atoms with van der Waals surface area (Å²) in [7, 11) is 0. The van der Waals surface area contributed by atoms with Crippen molar-refractivity contribution in [3.05, 3.63) is 41.7 Å². The lowest BCUT2D eigenvalue weighted by atomic mass is 10.2. The Morgan fingerprint density at radius 3 is 2.36 bits per heavy atom. The van der Waals surface area contributed by atoms with Crippen LogP contribution in [-0.2, 0) is 4.74 Å². The monoisotopic (exact) mass is 302 g/mol. The Labute approximate surface area is 128 Å². The van der Waals surface area contributed by atoms with Crippen LogP contribution in [0.15, 0.2) is 30.5 Å². The normalized spacial score (nSPS) is 10.3. The first kappa shape index (κ1) is 15.8. The molecule has 0 amide bonds. The van der Waals surface area contributed by atoms with Crippen LogP contribution in [0.5, 0.6) is 5.75 Å². The van der Waals surface area contributed by atoms with Gasteiger partial charge in [0.05, 0.1) is 24.5 Å². The molecule has 0 saturated carbocycles. The summed E-state index contributed by atoms with van der Waals surface area (Å²) in [5, 5.41) is 4.18. The van der Waals surface area contributed by atoms with Crippen LogP contribution >= 0.6 is 0 Å². The highest BCUT2D eigenvalue weighted by atomic mass is 16.5. The van der Waals surface area contributed by atoms with Gasteiger partial charge in [-0.25, -0.2) is 9.48 Å². The van der Waals surface area contributed by atoms with Gasteiger partial charge in [-0.05, 0) is 45.0 Å². The molecule has 1 aromatic heterocycles. The van der Waals surface area contributed by atoms with Crippen LogP contribution in [0.4, 0.5) is 0 Å². The predicted octanol–water partition coefficient (Wildman–Crippen LogP) is 2.65. The lowest BCUT2D eigenvalue weighted by molar-refractivity contribution is 0.0516. The van der Waals surface area contributed by atoms with Gasteiger partial charge in [-0.3, -0.25) is 4.79 Å². The number of nitrogens with zero attached hydrogens (tertiary/aromatic N) is 2. The number of esters is 1. The van der Waals surface area contributed by atoms with E-state index < -0.39 is 5.97 Å². The van der Waals surface area contributed by atoms with Gasteiger partial charge in [-0.2, -0.15) is 5.10 Å². The van der Waals surface area contributed by atoms with Crippen molar-refractivity contribution in [2.24, 2.45) is 0 Å². The summed E-state index contributed by atoms with van der Waals surface area (Å²) in [5.41, 5.74) is 0.997. The van der Waals surface area contributed by atoms with Gasteiger partial charge in [0.25, 0.3) is 0 Å². The zero-order valence-electron chi connectivity index (χ0n) is 12.8. The number of Topliss-reactive ketones (excluding diaryl/α,β-unsaturated/α-hetero) is 1. The summed E-state index contributed by atoms with van der Waals surface area (Å²) in [5.74, 6) is -0.0894. The minimum atomic E-state index is -0.600. The molecule has 0 radical (unpaired) electrons. The molecule has 22 heavy (non-hydrogen) atoms. The minimum absolute atomic E-state index is 0.0308.